The normalized spacial score (nSPS) is 17.6. The van der Waals surface area contributed by atoms with Crippen LogP contribution in [-0.2, 0) is 14.3 Å². The molecule has 4 aromatic rings. The number of esters is 1. The number of amides is 1. The molecule has 0 atom stereocenters. The van der Waals surface area contributed by atoms with Gasteiger partial charge >= 0.3 is 5.97 Å². The van der Waals surface area contributed by atoms with Crippen LogP contribution < -0.4 is 27.7 Å². The summed E-state index contributed by atoms with van der Waals surface area (Å²) in [5.74, 6) is 1.78. The second kappa shape index (κ2) is 12.3. The number of ether oxygens (including phenoxy) is 1. The summed E-state index contributed by atoms with van der Waals surface area (Å²) in [6.07, 6.45) is 8.34. The largest absolute Gasteiger partial charge is 0.466 e. The Morgan fingerprint density at radius 3 is 2.04 bits per heavy atom. The number of rotatable bonds is 4. The maximum Gasteiger partial charge on any atom is 0.332 e. The molecule has 0 bridgehead atoms. The number of fused-ring (bicyclic) bond motifs is 2. The number of anilines is 4. The molecular formula is C32H35N9O4. The first kappa shape index (κ1) is 29.7. The number of aryl methyl sites for hydroxylation is 1. The molecule has 3 aliphatic carbocycles. The highest BCUT2D eigenvalue weighted by molar-refractivity contribution is 6.12. The van der Waals surface area contributed by atoms with Crippen LogP contribution in [0.4, 0.5) is 23.0 Å². The van der Waals surface area contributed by atoms with E-state index in [2.05, 4.69) is 40.3 Å². The van der Waals surface area contributed by atoms with Gasteiger partial charge in [0, 0.05) is 34.8 Å². The van der Waals surface area contributed by atoms with Crippen molar-refractivity contribution < 1.29 is 14.3 Å². The topological polar surface area (TPSA) is 204 Å². The molecule has 0 radical (unpaired) electrons. The highest BCUT2D eigenvalue weighted by Crippen LogP contribution is 2.41. The number of aromatic amines is 1. The number of carbonyl (C=O) groups is 2. The van der Waals surface area contributed by atoms with E-state index in [0.717, 1.165) is 41.5 Å². The molecule has 3 fully saturated rings. The van der Waals surface area contributed by atoms with E-state index in [1.54, 1.807) is 6.92 Å². The molecule has 0 unspecified atom stereocenters. The van der Waals surface area contributed by atoms with Crippen LogP contribution in [0.5, 0.6) is 0 Å². The lowest BCUT2D eigenvalue weighted by molar-refractivity contribution is -0.135. The highest BCUT2D eigenvalue weighted by Gasteiger charge is 2.28. The number of nitrogens with one attached hydrogen (secondary N) is 3. The maximum absolute atomic E-state index is 11.8. The van der Waals surface area contributed by atoms with Crippen LogP contribution in [0.3, 0.4) is 0 Å². The van der Waals surface area contributed by atoms with Gasteiger partial charge in [-0.15, -0.1) is 0 Å². The fraction of sp³-hybridized carbons (Fsp3) is 0.344. The number of hydrogen-bond acceptors (Lipinski definition) is 11. The summed E-state index contributed by atoms with van der Waals surface area (Å²) in [7, 11) is 1.26. The Morgan fingerprint density at radius 2 is 1.42 bits per heavy atom. The average molecular weight is 610 g/mol. The molecule has 3 saturated carbocycles. The molecule has 4 aliphatic rings. The van der Waals surface area contributed by atoms with E-state index >= 15 is 0 Å². The third-order valence-corrected chi connectivity index (χ3v) is 7.84. The summed E-state index contributed by atoms with van der Waals surface area (Å²) in [6, 6.07) is 11.5. The van der Waals surface area contributed by atoms with Crippen molar-refractivity contribution in [1.82, 2.24) is 24.9 Å². The van der Waals surface area contributed by atoms with Gasteiger partial charge in [0.05, 0.1) is 24.6 Å². The van der Waals surface area contributed by atoms with Crippen molar-refractivity contribution in [3.8, 4) is 0 Å². The van der Waals surface area contributed by atoms with Crippen molar-refractivity contribution in [3.63, 3.8) is 0 Å². The average Bonchev–Trinajstić information content (AvgIpc) is 3.88. The molecule has 0 spiro atoms. The summed E-state index contributed by atoms with van der Waals surface area (Å²) in [6.45, 7) is 1.70. The minimum absolute atomic E-state index is 0.150. The molecule has 1 aliphatic heterocycles. The Hall–Kier alpha value is -5.33. The van der Waals surface area contributed by atoms with Crippen molar-refractivity contribution in [3.05, 3.63) is 81.3 Å². The predicted octanol–water partition coefficient (Wildman–Crippen LogP) is 4.01. The van der Waals surface area contributed by atoms with Gasteiger partial charge < -0.3 is 31.8 Å². The minimum Gasteiger partial charge on any atom is -0.466 e. The van der Waals surface area contributed by atoms with E-state index in [1.165, 1.54) is 32.8 Å². The monoisotopic (exact) mass is 609 g/mol. The van der Waals surface area contributed by atoms with E-state index in [1.807, 2.05) is 36.4 Å². The fourth-order valence-electron chi connectivity index (χ4n) is 4.72. The first-order valence-electron chi connectivity index (χ1n) is 15.0. The molecule has 7 N–H and O–H groups in total. The summed E-state index contributed by atoms with van der Waals surface area (Å²) < 4.78 is 4.50. The highest BCUT2D eigenvalue weighted by atomic mass is 16.5. The Kier molecular flexibility index (Phi) is 8.16. The molecule has 8 rings (SSSR count). The van der Waals surface area contributed by atoms with Gasteiger partial charge in [0.2, 0.25) is 0 Å². The number of nitrogens with two attached hydrogens (primary N) is 2. The second-order valence-corrected chi connectivity index (χ2v) is 11.6. The lowest BCUT2D eigenvalue weighted by atomic mass is 10.2. The van der Waals surface area contributed by atoms with Gasteiger partial charge in [0.25, 0.3) is 11.5 Å². The molecule has 4 aromatic heterocycles. The van der Waals surface area contributed by atoms with Crippen LogP contribution in [-0.4, -0.2) is 43.9 Å². The Morgan fingerprint density at radius 1 is 0.822 bits per heavy atom. The number of nitrogens with zero attached hydrogens (tertiary/aromatic N) is 4. The zero-order valence-electron chi connectivity index (χ0n) is 25.1. The van der Waals surface area contributed by atoms with Crippen LogP contribution in [0.25, 0.3) is 11.2 Å². The van der Waals surface area contributed by atoms with Gasteiger partial charge in [-0.05, 0) is 81.8 Å². The molecule has 0 saturated heterocycles. The van der Waals surface area contributed by atoms with Gasteiger partial charge in [-0.25, -0.2) is 24.7 Å². The second-order valence-electron chi connectivity index (χ2n) is 11.6. The van der Waals surface area contributed by atoms with Crippen molar-refractivity contribution in [2.24, 2.45) is 0 Å². The van der Waals surface area contributed by atoms with E-state index in [-0.39, 0.29) is 11.3 Å². The molecule has 13 heteroatoms. The summed E-state index contributed by atoms with van der Waals surface area (Å²) in [4.78, 5) is 54.3. The first-order chi connectivity index (χ1) is 21.7. The minimum atomic E-state index is -0.580. The number of aromatic nitrogens is 5. The van der Waals surface area contributed by atoms with E-state index < -0.39 is 11.9 Å². The SMILES string of the molecule is COC(=O)/C=C1\Nc2ccc(C3CC3)nc2NC1=O.Cc1nc2ccc(C3CC3)nc2[nH]c1=O.Nc1ccc(C2CC2)nc1N. The number of H-pyrrole nitrogens is 1. The van der Waals surface area contributed by atoms with Crippen molar-refractivity contribution >= 4 is 46.1 Å². The Balaban J connectivity index is 0.000000123. The number of carbonyl (C=O) groups excluding carboxylic acids is 2. The van der Waals surface area contributed by atoms with E-state index in [0.29, 0.717) is 52.1 Å². The molecule has 1 amide bonds. The van der Waals surface area contributed by atoms with Gasteiger partial charge in [-0.1, -0.05) is 0 Å². The standard InChI is InChI=1S/C13H13N3O3.C11H11N3O.C8H11N3/c1-19-11(17)6-10-13(18)16-12-9(14-10)5-4-8(15-12)7-2-3-7;1-6-11(15)14-10-9(12-6)5-4-8(13-10)7-2-3-7;9-6-3-4-7(5-1-2-5)11-8(6)10/h4-7,14H,2-3H2,1H3,(H,15,16,18);4-5,7H,2-3H2,1H3,(H,13,14,15);3-5H,1-2,9H2,(H2,10,11)/b10-6-;;. The Labute approximate surface area is 258 Å². The third kappa shape index (κ3) is 7.25. The quantitative estimate of drug-likeness (QED) is 0.165. The molecular weight excluding hydrogens is 574 g/mol. The number of methoxy groups -OCH3 is 1. The Bertz CT molecular complexity index is 1870. The van der Waals surface area contributed by atoms with Crippen molar-refractivity contribution in [2.75, 3.05) is 29.2 Å². The smallest absolute Gasteiger partial charge is 0.332 e. The fourth-order valence-corrected chi connectivity index (χ4v) is 4.72. The molecule has 232 valence electrons. The zero-order valence-corrected chi connectivity index (χ0v) is 25.1. The number of nitrogen functional groups attached to an aromatic ring is 2. The summed E-state index contributed by atoms with van der Waals surface area (Å²) >= 11 is 0. The van der Waals surface area contributed by atoms with Crippen LogP contribution in [0, 0.1) is 6.92 Å². The van der Waals surface area contributed by atoms with Crippen LogP contribution in [0.15, 0.2) is 53.0 Å². The van der Waals surface area contributed by atoms with Crippen LogP contribution in [0.2, 0.25) is 0 Å². The molecule has 5 heterocycles. The van der Waals surface area contributed by atoms with Gasteiger partial charge in [0.15, 0.2) is 11.5 Å². The molecule has 13 nitrogen and oxygen atoms in total. The number of hydrogen-bond donors (Lipinski definition) is 5. The lowest BCUT2D eigenvalue weighted by Crippen LogP contribution is -2.27. The van der Waals surface area contributed by atoms with Crippen molar-refractivity contribution in [1.29, 1.82) is 0 Å². The molecule has 0 aromatic carbocycles. The van der Waals surface area contributed by atoms with Gasteiger partial charge in [-0.3, -0.25) is 9.59 Å². The van der Waals surface area contributed by atoms with Crippen LogP contribution in [0.1, 0.15) is 79.1 Å². The lowest BCUT2D eigenvalue weighted by Gasteiger charge is -2.20. The first-order valence-corrected chi connectivity index (χ1v) is 15.0. The van der Waals surface area contributed by atoms with E-state index in [4.69, 9.17) is 11.5 Å². The predicted molar refractivity (Wildman–Crippen MR) is 170 cm³/mol. The van der Waals surface area contributed by atoms with Gasteiger partial charge in [-0.2, -0.15) is 0 Å². The third-order valence-electron chi connectivity index (χ3n) is 7.84. The van der Waals surface area contributed by atoms with E-state index in [9.17, 15) is 14.4 Å². The molecule has 45 heavy (non-hydrogen) atoms. The zero-order chi connectivity index (χ0) is 31.7. The number of pyridine rings is 3. The maximum atomic E-state index is 11.8. The van der Waals surface area contributed by atoms with Gasteiger partial charge in [0.1, 0.15) is 22.7 Å². The van der Waals surface area contributed by atoms with Crippen molar-refractivity contribution in [2.45, 2.75) is 63.2 Å². The van der Waals surface area contributed by atoms with Crippen LogP contribution >= 0.6 is 0 Å². The summed E-state index contributed by atoms with van der Waals surface area (Å²) in [5, 5.41) is 5.56. The summed E-state index contributed by atoms with van der Waals surface area (Å²) in [5.41, 5.74) is 17.4.